The molecule has 1 fully saturated rings. The average Bonchev–Trinajstić information content (AvgIpc) is 2.92. The van der Waals surface area contributed by atoms with Gasteiger partial charge < -0.3 is 20.9 Å². The van der Waals surface area contributed by atoms with Crippen molar-refractivity contribution in [3.63, 3.8) is 0 Å². The lowest BCUT2D eigenvalue weighted by atomic mass is 10.1. The molecule has 0 atom stereocenters. The summed E-state index contributed by atoms with van der Waals surface area (Å²) >= 11 is 0. The number of urea groups is 1. The van der Waals surface area contributed by atoms with Crippen LogP contribution in [0.4, 0.5) is 16.2 Å². The number of piperazine rings is 1. The van der Waals surface area contributed by atoms with Crippen LogP contribution in [0.2, 0.25) is 0 Å². The summed E-state index contributed by atoms with van der Waals surface area (Å²) in [4.78, 5) is 14.4. The number of anilines is 2. The molecule has 1 aliphatic rings. The van der Waals surface area contributed by atoms with Gasteiger partial charge in [-0.1, -0.05) is 24.3 Å². The van der Waals surface area contributed by atoms with Crippen LogP contribution in [0.3, 0.4) is 0 Å². The van der Waals surface area contributed by atoms with Gasteiger partial charge in [-0.05, 0) is 54.1 Å². The summed E-state index contributed by atoms with van der Waals surface area (Å²) in [7, 11) is -7.69. The van der Waals surface area contributed by atoms with E-state index < -0.39 is 26.1 Å². The van der Waals surface area contributed by atoms with Crippen LogP contribution in [0.1, 0.15) is 11.1 Å². The normalized spacial score (nSPS) is 14.0. The molecule has 39 heavy (non-hydrogen) atoms. The number of carbonyl (C=O) groups is 1. The lowest BCUT2D eigenvalue weighted by molar-refractivity contribution is 0.262. The zero-order valence-corrected chi connectivity index (χ0v) is 22.5. The van der Waals surface area contributed by atoms with Crippen molar-refractivity contribution in [1.82, 2.24) is 14.9 Å². The molecule has 0 radical (unpaired) electrons. The number of amidine groups is 1. The second-order valence-electron chi connectivity index (χ2n) is 8.78. The van der Waals surface area contributed by atoms with Crippen molar-refractivity contribution in [2.24, 2.45) is 5.14 Å². The summed E-state index contributed by atoms with van der Waals surface area (Å²) in [6.45, 7) is 3.06. The molecule has 0 bridgehead atoms. The first-order valence-electron chi connectivity index (χ1n) is 12.0. The number of nitrogens with one attached hydrogen (secondary N) is 5. The predicted molar refractivity (Wildman–Crippen MR) is 149 cm³/mol. The number of hydrogen-bond acceptors (Lipinski definition) is 7. The Hall–Kier alpha value is -3.82. The number of carbonyl (C=O) groups excluding carboxylic acids is 1. The highest BCUT2D eigenvalue weighted by atomic mass is 32.2. The maximum absolute atomic E-state index is 12.7. The maximum Gasteiger partial charge on any atom is 0.323 e. The van der Waals surface area contributed by atoms with E-state index in [1.54, 1.807) is 18.2 Å². The van der Waals surface area contributed by atoms with Gasteiger partial charge in [0.25, 0.3) is 0 Å². The lowest BCUT2D eigenvalue weighted by Crippen LogP contribution is -2.46. The molecule has 2 amide bonds. The Morgan fingerprint density at radius 1 is 0.872 bits per heavy atom. The quantitative estimate of drug-likeness (QED) is 0.175. The van der Waals surface area contributed by atoms with Gasteiger partial charge in [0.05, 0.1) is 9.79 Å². The van der Waals surface area contributed by atoms with E-state index in [0.717, 1.165) is 26.2 Å². The molecule has 0 unspecified atom stereocenters. The average molecular weight is 572 g/mol. The van der Waals surface area contributed by atoms with Crippen LogP contribution in [0.25, 0.3) is 0 Å². The maximum atomic E-state index is 12.7. The van der Waals surface area contributed by atoms with Gasteiger partial charge in [0.15, 0.2) is 0 Å². The first kappa shape index (κ1) is 28.2. The fourth-order valence-electron chi connectivity index (χ4n) is 3.88. The van der Waals surface area contributed by atoms with Crippen molar-refractivity contribution >= 4 is 43.3 Å². The lowest BCUT2D eigenvalue weighted by Gasteiger charge is -2.29. The van der Waals surface area contributed by atoms with Gasteiger partial charge >= 0.3 is 6.03 Å². The minimum absolute atomic E-state index is 0.00580. The Morgan fingerprint density at radius 3 is 2.13 bits per heavy atom. The van der Waals surface area contributed by atoms with Crippen molar-refractivity contribution in [1.29, 1.82) is 5.41 Å². The molecule has 12 nitrogen and oxygen atoms in total. The monoisotopic (exact) mass is 571 g/mol. The number of nitrogens with zero attached hydrogens (tertiary/aromatic N) is 1. The van der Waals surface area contributed by atoms with E-state index in [1.165, 1.54) is 48.5 Å². The largest absolute Gasteiger partial charge is 0.354 e. The zero-order valence-electron chi connectivity index (χ0n) is 20.8. The van der Waals surface area contributed by atoms with Gasteiger partial charge in [-0.2, -0.15) is 0 Å². The third kappa shape index (κ3) is 7.61. The Bertz CT molecular complexity index is 1550. The summed E-state index contributed by atoms with van der Waals surface area (Å²) < 4.78 is 50.5. The van der Waals surface area contributed by atoms with E-state index in [9.17, 15) is 21.6 Å². The number of rotatable bonds is 8. The third-order valence-corrected chi connectivity index (χ3v) is 8.31. The molecule has 0 saturated carbocycles. The number of sulfonamides is 2. The summed E-state index contributed by atoms with van der Waals surface area (Å²) in [5.74, 6) is 0.395. The molecule has 0 aromatic heterocycles. The van der Waals surface area contributed by atoms with Crippen molar-refractivity contribution < 1.29 is 21.6 Å². The van der Waals surface area contributed by atoms with Crippen molar-refractivity contribution in [3.8, 4) is 0 Å². The number of amides is 2. The fourth-order valence-corrected chi connectivity index (χ4v) is 5.42. The van der Waals surface area contributed by atoms with E-state index in [0.29, 0.717) is 28.3 Å². The minimum Gasteiger partial charge on any atom is -0.354 e. The number of primary sulfonamides is 1. The Kier molecular flexibility index (Phi) is 8.62. The van der Waals surface area contributed by atoms with Gasteiger partial charge in [-0.25, -0.2) is 31.5 Å². The zero-order chi connectivity index (χ0) is 28.0. The molecule has 1 aliphatic heterocycles. The van der Waals surface area contributed by atoms with E-state index >= 15 is 0 Å². The van der Waals surface area contributed by atoms with E-state index in [-0.39, 0.29) is 16.3 Å². The summed E-state index contributed by atoms with van der Waals surface area (Å²) in [5.41, 5.74) is 2.14. The molecule has 1 heterocycles. The van der Waals surface area contributed by atoms with Gasteiger partial charge in [0.1, 0.15) is 5.84 Å². The summed E-state index contributed by atoms with van der Waals surface area (Å²) in [6, 6.07) is 17.7. The molecule has 7 N–H and O–H groups in total. The molecule has 1 saturated heterocycles. The topological polar surface area (TPSA) is 187 Å². The number of nitrogens with two attached hydrogens (primary N) is 1. The molecular weight excluding hydrogens is 542 g/mol. The SMILES string of the molecule is N=C(c1cccc(NC(=O)Nc2ccc(S(=O)(=O)NCc3ccc(S(N)(=O)=O)cc3)cc2)c1)N1CCNCC1. The first-order chi connectivity index (χ1) is 18.5. The van der Waals surface area contributed by atoms with Crippen LogP contribution in [-0.2, 0) is 26.6 Å². The molecule has 3 aromatic carbocycles. The highest BCUT2D eigenvalue weighted by Gasteiger charge is 2.16. The Morgan fingerprint density at radius 2 is 1.49 bits per heavy atom. The number of hydrogen-bond donors (Lipinski definition) is 6. The van der Waals surface area contributed by atoms with Crippen molar-refractivity contribution in [2.75, 3.05) is 36.8 Å². The second kappa shape index (κ2) is 11.9. The van der Waals surface area contributed by atoms with Gasteiger partial charge in [0, 0.05) is 49.7 Å². The van der Waals surface area contributed by atoms with Crippen LogP contribution in [-0.4, -0.2) is 59.8 Å². The third-order valence-electron chi connectivity index (χ3n) is 5.97. The Labute approximate surface area is 227 Å². The van der Waals surface area contributed by atoms with Crippen LogP contribution >= 0.6 is 0 Å². The smallest absolute Gasteiger partial charge is 0.323 e. The molecule has 0 aliphatic carbocycles. The Balaban J connectivity index is 1.32. The standard InChI is InChI=1S/C25H29N7O5S2/c26-24(32-14-12-28-13-15-32)19-2-1-3-21(16-19)31-25(33)30-20-6-10-23(11-7-20)39(36,37)29-17-18-4-8-22(9-5-18)38(27,34)35/h1-11,16,26,28-29H,12-15,17H2,(H2,27,34,35)(H2,30,31,33). The van der Waals surface area contributed by atoms with Crippen molar-refractivity contribution in [2.45, 2.75) is 16.3 Å². The van der Waals surface area contributed by atoms with Gasteiger partial charge in [-0.3, -0.25) is 5.41 Å². The van der Waals surface area contributed by atoms with Crippen molar-refractivity contribution in [3.05, 3.63) is 83.9 Å². The predicted octanol–water partition coefficient (Wildman–Crippen LogP) is 1.69. The summed E-state index contributed by atoms with van der Waals surface area (Å²) in [6.07, 6.45) is 0. The van der Waals surface area contributed by atoms with Gasteiger partial charge in [-0.15, -0.1) is 0 Å². The fraction of sp³-hybridized carbons (Fsp3) is 0.200. The summed E-state index contributed by atoms with van der Waals surface area (Å²) in [5, 5.41) is 22.2. The van der Waals surface area contributed by atoms with Crippen LogP contribution in [0.5, 0.6) is 0 Å². The molecular formula is C25H29N7O5S2. The van der Waals surface area contributed by atoms with E-state index in [4.69, 9.17) is 10.5 Å². The van der Waals surface area contributed by atoms with E-state index in [2.05, 4.69) is 20.7 Å². The van der Waals surface area contributed by atoms with Crippen LogP contribution < -0.4 is 25.8 Å². The molecule has 206 valence electrons. The molecule has 14 heteroatoms. The van der Waals surface area contributed by atoms with E-state index in [1.807, 2.05) is 11.0 Å². The van der Waals surface area contributed by atoms with Crippen LogP contribution in [0, 0.1) is 5.41 Å². The second-order valence-corrected chi connectivity index (χ2v) is 12.1. The van der Waals surface area contributed by atoms with Crippen LogP contribution in [0.15, 0.2) is 82.6 Å². The first-order valence-corrected chi connectivity index (χ1v) is 15.0. The highest BCUT2D eigenvalue weighted by molar-refractivity contribution is 7.89. The highest BCUT2D eigenvalue weighted by Crippen LogP contribution is 2.17. The molecule has 0 spiro atoms. The van der Waals surface area contributed by atoms with Gasteiger partial charge in [0.2, 0.25) is 20.0 Å². The number of benzene rings is 3. The molecule has 4 rings (SSSR count). The molecule has 3 aromatic rings. The minimum atomic E-state index is -3.86.